The van der Waals surface area contributed by atoms with Crippen LogP contribution in [0, 0.1) is 23.3 Å². The van der Waals surface area contributed by atoms with Crippen LogP contribution in [0.2, 0.25) is 0 Å². The molecule has 0 unspecified atom stereocenters. The minimum absolute atomic E-state index is 0.599. The lowest BCUT2D eigenvalue weighted by atomic mass is 10.0. The molecule has 0 aliphatic rings. The van der Waals surface area contributed by atoms with Gasteiger partial charge < -0.3 is 0 Å². The summed E-state index contributed by atoms with van der Waals surface area (Å²) in [6.45, 7) is 0. The third kappa shape index (κ3) is 3.55. The highest BCUT2D eigenvalue weighted by atomic mass is 19.4. The molecule has 0 bridgehead atoms. The van der Waals surface area contributed by atoms with Crippen LogP contribution in [0.3, 0.4) is 0 Å². The van der Waals surface area contributed by atoms with E-state index < -0.39 is 47.0 Å². The van der Waals surface area contributed by atoms with Crippen LogP contribution in [-0.4, -0.2) is 0 Å². The number of halogens is 7. The highest BCUT2D eigenvalue weighted by Gasteiger charge is 2.42. The first kappa shape index (κ1) is 17.1. The Morgan fingerprint density at radius 3 is 1.78 bits per heavy atom. The highest BCUT2D eigenvalue weighted by molar-refractivity contribution is 5.49. The van der Waals surface area contributed by atoms with E-state index in [1.807, 2.05) is 0 Å². The first-order valence-corrected chi connectivity index (χ1v) is 6.37. The van der Waals surface area contributed by atoms with Crippen molar-refractivity contribution in [3.63, 3.8) is 0 Å². The Morgan fingerprint density at radius 2 is 1.30 bits per heavy atom. The van der Waals surface area contributed by atoms with Crippen molar-refractivity contribution in [2.45, 2.75) is 12.6 Å². The van der Waals surface area contributed by atoms with Crippen LogP contribution in [0.5, 0.6) is 0 Å². The average Bonchev–Trinajstić information content (AvgIpc) is 2.48. The Morgan fingerprint density at radius 1 is 0.783 bits per heavy atom. The molecule has 2 aromatic carbocycles. The molecule has 0 amide bonds. The summed E-state index contributed by atoms with van der Waals surface area (Å²) in [4.78, 5) is 0. The summed E-state index contributed by atoms with van der Waals surface area (Å²) in [5.41, 5.74) is -3.01. The van der Waals surface area contributed by atoms with Gasteiger partial charge in [0, 0.05) is 5.56 Å². The third-order valence-electron chi connectivity index (χ3n) is 3.07. The van der Waals surface area contributed by atoms with Crippen LogP contribution in [0.15, 0.2) is 36.4 Å². The van der Waals surface area contributed by atoms with Crippen LogP contribution in [0.1, 0.15) is 16.7 Å². The van der Waals surface area contributed by atoms with Crippen molar-refractivity contribution in [3.05, 3.63) is 76.4 Å². The topological polar surface area (TPSA) is 0 Å². The molecule has 0 aromatic heterocycles. The van der Waals surface area contributed by atoms with Crippen LogP contribution in [0.4, 0.5) is 30.7 Å². The second-order valence-corrected chi connectivity index (χ2v) is 4.62. The molecular weight excluding hydrogens is 325 g/mol. The number of hydrogen-bond acceptors (Lipinski definition) is 0. The fourth-order valence-electron chi connectivity index (χ4n) is 1.98. The van der Waals surface area contributed by atoms with E-state index in [1.165, 1.54) is 12.2 Å². The summed E-state index contributed by atoms with van der Waals surface area (Å²) in [7, 11) is 0. The number of allylic oxidation sites excluding steroid dienone is 1. The van der Waals surface area contributed by atoms with Crippen molar-refractivity contribution in [3.8, 4) is 0 Å². The molecule has 122 valence electrons. The first-order chi connectivity index (χ1) is 10.7. The van der Waals surface area contributed by atoms with E-state index in [0.717, 1.165) is 0 Å². The average molecular weight is 334 g/mol. The summed E-state index contributed by atoms with van der Waals surface area (Å²) in [6.07, 6.45) is -3.51. The summed E-state index contributed by atoms with van der Waals surface area (Å²) in [5.74, 6) is -8.98. The number of benzene rings is 2. The minimum Gasteiger partial charge on any atom is -0.203 e. The van der Waals surface area contributed by atoms with Crippen molar-refractivity contribution in [2.75, 3.05) is 0 Å². The monoisotopic (exact) mass is 334 g/mol. The van der Waals surface area contributed by atoms with Gasteiger partial charge in [-0.25, -0.2) is 17.6 Å². The zero-order valence-corrected chi connectivity index (χ0v) is 11.4. The normalized spacial score (nSPS) is 12.1. The van der Waals surface area contributed by atoms with Crippen molar-refractivity contribution in [2.24, 2.45) is 0 Å². The maximum absolute atomic E-state index is 13.6. The summed E-state index contributed by atoms with van der Waals surface area (Å²) in [6, 6.07) is 8.45. The van der Waals surface area contributed by atoms with Gasteiger partial charge in [0.2, 0.25) is 0 Å². The predicted molar refractivity (Wildman–Crippen MR) is 70.5 cm³/mol. The van der Waals surface area contributed by atoms with E-state index in [1.54, 1.807) is 30.3 Å². The van der Waals surface area contributed by atoms with Gasteiger partial charge in [0.15, 0.2) is 23.3 Å². The maximum Gasteiger partial charge on any atom is 0.422 e. The van der Waals surface area contributed by atoms with Gasteiger partial charge in [0.25, 0.3) is 0 Å². The van der Waals surface area contributed by atoms with Crippen molar-refractivity contribution in [1.29, 1.82) is 0 Å². The second kappa shape index (κ2) is 6.44. The molecule has 0 aliphatic carbocycles. The predicted octanol–water partition coefficient (Wildman–Crippen LogP) is 5.52. The number of rotatable bonds is 3. The molecule has 0 spiro atoms. The van der Waals surface area contributed by atoms with Gasteiger partial charge in [0.1, 0.15) is 5.56 Å². The van der Waals surface area contributed by atoms with E-state index in [9.17, 15) is 30.7 Å². The molecule has 7 heteroatoms. The molecule has 2 aromatic rings. The van der Waals surface area contributed by atoms with Crippen molar-refractivity contribution < 1.29 is 30.7 Å². The molecule has 0 aliphatic heterocycles. The SMILES string of the molecule is Fc1c(F)c(C(F)(F)F)c(F)c(F)c1C/C=C/c1ccccc1. The zero-order valence-electron chi connectivity index (χ0n) is 11.4. The first-order valence-electron chi connectivity index (χ1n) is 6.37. The summed E-state index contributed by atoms with van der Waals surface area (Å²) in [5, 5.41) is 0. The zero-order chi connectivity index (χ0) is 17.2. The highest BCUT2D eigenvalue weighted by Crippen LogP contribution is 2.37. The molecule has 2 rings (SSSR count). The van der Waals surface area contributed by atoms with Gasteiger partial charge in [-0.15, -0.1) is 0 Å². The van der Waals surface area contributed by atoms with Gasteiger partial charge >= 0.3 is 6.18 Å². The smallest absolute Gasteiger partial charge is 0.203 e. The molecule has 0 N–H and O–H groups in total. The van der Waals surface area contributed by atoms with Gasteiger partial charge in [-0.1, -0.05) is 42.5 Å². The van der Waals surface area contributed by atoms with Gasteiger partial charge in [0.05, 0.1) is 0 Å². The molecule has 0 heterocycles. The Labute approximate surface area is 126 Å². The van der Waals surface area contributed by atoms with Crippen LogP contribution in [0.25, 0.3) is 6.08 Å². The lowest BCUT2D eigenvalue weighted by Crippen LogP contribution is -2.17. The fraction of sp³-hybridized carbons (Fsp3) is 0.125. The molecule has 0 radical (unpaired) electrons. The molecule has 0 saturated heterocycles. The molecule has 0 atom stereocenters. The van der Waals surface area contributed by atoms with Crippen LogP contribution < -0.4 is 0 Å². The summed E-state index contributed by atoms with van der Waals surface area (Å²) < 4.78 is 91.5. The quantitative estimate of drug-likeness (QED) is 0.512. The standard InChI is InChI=1S/C16H9F7/c17-12-10(8-4-7-9-5-2-1-3-6-9)13(18)15(20)11(14(12)19)16(21,22)23/h1-7H,8H2/b7-4+. The molecule has 0 nitrogen and oxygen atoms in total. The Balaban J connectivity index is 2.39. The number of alkyl halides is 3. The minimum atomic E-state index is -5.53. The fourth-order valence-corrected chi connectivity index (χ4v) is 1.98. The largest absolute Gasteiger partial charge is 0.422 e. The second-order valence-electron chi connectivity index (χ2n) is 4.62. The molecule has 23 heavy (non-hydrogen) atoms. The molecular formula is C16H9F7. The van der Waals surface area contributed by atoms with Gasteiger partial charge in [-0.3, -0.25) is 0 Å². The van der Waals surface area contributed by atoms with E-state index in [0.29, 0.717) is 5.56 Å². The number of hydrogen-bond donors (Lipinski definition) is 0. The van der Waals surface area contributed by atoms with Crippen molar-refractivity contribution >= 4 is 6.08 Å². The Bertz CT molecular complexity index is 701. The van der Waals surface area contributed by atoms with Crippen molar-refractivity contribution in [1.82, 2.24) is 0 Å². The van der Waals surface area contributed by atoms with E-state index in [4.69, 9.17) is 0 Å². The third-order valence-corrected chi connectivity index (χ3v) is 3.07. The molecule has 0 fully saturated rings. The lowest BCUT2D eigenvalue weighted by molar-refractivity contribution is -0.143. The lowest BCUT2D eigenvalue weighted by Gasteiger charge is -2.13. The summed E-state index contributed by atoms with van der Waals surface area (Å²) >= 11 is 0. The van der Waals surface area contributed by atoms with Crippen LogP contribution in [-0.2, 0) is 12.6 Å². The van der Waals surface area contributed by atoms with Gasteiger partial charge in [-0.2, -0.15) is 13.2 Å². The van der Waals surface area contributed by atoms with Crippen LogP contribution >= 0.6 is 0 Å². The van der Waals surface area contributed by atoms with E-state index in [-0.39, 0.29) is 0 Å². The Kier molecular flexibility index (Phi) is 4.77. The Hall–Kier alpha value is -2.31. The van der Waals surface area contributed by atoms with E-state index >= 15 is 0 Å². The van der Waals surface area contributed by atoms with E-state index in [2.05, 4.69) is 0 Å². The maximum atomic E-state index is 13.6. The molecule has 0 saturated carbocycles. The van der Waals surface area contributed by atoms with Gasteiger partial charge in [-0.05, 0) is 12.0 Å².